The molecule has 0 aliphatic heterocycles. The Balaban J connectivity index is 3.05. The Hall–Kier alpha value is -3.71. The molecular weight excluding hydrogens is 580 g/mol. The molecule has 1 aromatic rings. The quantitative estimate of drug-likeness (QED) is 0.0962. The van der Waals surface area contributed by atoms with Gasteiger partial charge in [-0.3, -0.25) is 19.2 Å². The molecule has 0 saturated carbocycles. The second kappa shape index (κ2) is 19.6. The first-order valence-electron chi connectivity index (χ1n) is 15.7. The van der Waals surface area contributed by atoms with Gasteiger partial charge in [0.1, 0.15) is 29.9 Å². The van der Waals surface area contributed by atoms with E-state index in [1.807, 2.05) is 27.7 Å². The van der Waals surface area contributed by atoms with Gasteiger partial charge >= 0.3 is 5.97 Å². The van der Waals surface area contributed by atoms with Gasteiger partial charge in [-0.1, -0.05) is 53.7 Å². The van der Waals surface area contributed by atoms with Gasteiger partial charge < -0.3 is 42.9 Å². The normalized spacial score (nSPS) is 14.7. The van der Waals surface area contributed by atoms with E-state index in [2.05, 4.69) is 21.3 Å². The number of aromatic hydroxyl groups is 1. The number of hydrogen-bond donors (Lipinski definition) is 8. The molecule has 1 rings (SSSR count). The van der Waals surface area contributed by atoms with Crippen molar-refractivity contribution in [2.75, 3.05) is 6.54 Å². The molecule has 0 fully saturated rings. The van der Waals surface area contributed by atoms with Gasteiger partial charge in [0.2, 0.25) is 23.6 Å². The summed E-state index contributed by atoms with van der Waals surface area (Å²) in [7, 11) is 0. The van der Waals surface area contributed by atoms with Crippen LogP contribution in [0.15, 0.2) is 24.3 Å². The molecule has 1 aromatic carbocycles. The van der Waals surface area contributed by atoms with Crippen LogP contribution in [0.3, 0.4) is 0 Å². The van der Waals surface area contributed by atoms with Crippen molar-refractivity contribution in [2.45, 2.75) is 110 Å². The van der Waals surface area contributed by atoms with Crippen molar-refractivity contribution < 1.29 is 34.2 Å². The number of nitrogens with one attached hydrogen (secondary N) is 4. The topological polar surface area (TPSA) is 226 Å². The van der Waals surface area contributed by atoms with Gasteiger partial charge in [0, 0.05) is 0 Å². The van der Waals surface area contributed by atoms with Crippen LogP contribution in [0.4, 0.5) is 0 Å². The molecule has 0 radical (unpaired) electrons. The summed E-state index contributed by atoms with van der Waals surface area (Å²) in [6.45, 7) is 11.4. The van der Waals surface area contributed by atoms with Gasteiger partial charge in [-0.15, -0.1) is 0 Å². The number of unbranched alkanes of at least 4 members (excludes halogenated alkanes) is 1. The van der Waals surface area contributed by atoms with Crippen LogP contribution >= 0.6 is 0 Å². The van der Waals surface area contributed by atoms with Gasteiger partial charge in [0.25, 0.3) is 0 Å². The lowest BCUT2D eigenvalue weighted by Gasteiger charge is -2.29. The van der Waals surface area contributed by atoms with Crippen LogP contribution in [-0.2, 0) is 30.4 Å². The molecule has 0 saturated heterocycles. The number of rotatable bonds is 20. The number of aliphatic carboxylic acids is 1. The highest BCUT2D eigenvalue weighted by molar-refractivity contribution is 5.95. The fraction of sp³-hybridized carbons (Fsp3) is 0.656. The number of amides is 4. The molecule has 10 N–H and O–H groups in total. The van der Waals surface area contributed by atoms with E-state index in [9.17, 15) is 34.2 Å². The first kappa shape index (κ1) is 39.3. The second-order valence-electron chi connectivity index (χ2n) is 12.8. The van der Waals surface area contributed by atoms with E-state index in [-0.39, 0.29) is 49.2 Å². The number of phenolic OH excluding ortho intramolecular Hbond substituents is 1. The zero-order valence-corrected chi connectivity index (χ0v) is 27.5. The molecule has 0 aromatic heterocycles. The Bertz CT molecular complexity index is 1110. The molecule has 0 heterocycles. The average Bonchev–Trinajstić information content (AvgIpc) is 2.94. The SMILES string of the molecule is CC(C)CC(NC(=O)C(N)Cc1ccc(O)cc1)C(=O)NC(CC(C)C)C(=O)NC(C(=O)NC(CCCCN)C(=O)O)C(C)C. The summed E-state index contributed by atoms with van der Waals surface area (Å²) in [5.41, 5.74) is 12.4. The fourth-order valence-electron chi connectivity index (χ4n) is 4.74. The number of carbonyl (C=O) groups is 5. The van der Waals surface area contributed by atoms with Gasteiger partial charge in [0.15, 0.2) is 0 Å². The molecular formula is C32H54N6O7. The molecule has 0 bridgehead atoms. The van der Waals surface area contributed by atoms with Crippen LogP contribution in [0, 0.1) is 17.8 Å². The Kier molecular flexibility index (Phi) is 17.1. The highest BCUT2D eigenvalue weighted by Crippen LogP contribution is 2.13. The monoisotopic (exact) mass is 634 g/mol. The lowest BCUT2D eigenvalue weighted by Crippen LogP contribution is -2.59. The largest absolute Gasteiger partial charge is 0.508 e. The van der Waals surface area contributed by atoms with Gasteiger partial charge in [-0.2, -0.15) is 0 Å². The summed E-state index contributed by atoms with van der Waals surface area (Å²) >= 11 is 0. The maximum absolute atomic E-state index is 13.5. The summed E-state index contributed by atoms with van der Waals surface area (Å²) < 4.78 is 0. The Morgan fingerprint density at radius 1 is 0.711 bits per heavy atom. The van der Waals surface area contributed by atoms with Crippen molar-refractivity contribution in [3.05, 3.63) is 29.8 Å². The average molecular weight is 635 g/mol. The highest BCUT2D eigenvalue weighted by Gasteiger charge is 2.33. The minimum atomic E-state index is -1.18. The van der Waals surface area contributed by atoms with E-state index in [0.29, 0.717) is 19.4 Å². The molecule has 5 atom stereocenters. The summed E-state index contributed by atoms with van der Waals surface area (Å²) in [6.07, 6.45) is 2.06. The summed E-state index contributed by atoms with van der Waals surface area (Å²) in [5, 5.41) is 29.8. The minimum Gasteiger partial charge on any atom is -0.508 e. The Morgan fingerprint density at radius 2 is 1.20 bits per heavy atom. The third-order valence-electron chi connectivity index (χ3n) is 7.22. The number of carboxylic acid groups (broad SMARTS) is 1. The van der Waals surface area contributed by atoms with Crippen molar-refractivity contribution in [3.63, 3.8) is 0 Å². The van der Waals surface area contributed by atoms with E-state index < -0.39 is 59.8 Å². The molecule has 13 nitrogen and oxygen atoms in total. The van der Waals surface area contributed by atoms with E-state index in [1.54, 1.807) is 26.0 Å². The number of nitrogens with two attached hydrogens (primary N) is 2. The smallest absolute Gasteiger partial charge is 0.326 e. The molecule has 254 valence electrons. The number of phenols is 1. The third kappa shape index (κ3) is 14.7. The van der Waals surface area contributed by atoms with Crippen molar-refractivity contribution in [2.24, 2.45) is 29.2 Å². The molecule has 4 amide bonds. The third-order valence-corrected chi connectivity index (χ3v) is 7.22. The van der Waals surface area contributed by atoms with Crippen molar-refractivity contribution in [3.8, 4) is 5.75 Å². The first-order valence-corrected chi connectivity index (χ1v) is 15.7. The molecule has 5 unspecified atom stereocenters. The van der Waals surface area contributed by atoms with Crippen LogP contribution in [-0.4, -0.2) is 76.6 Å². The number of hydrogen-bond acceptors (Lipinski definition) is 8. The van der Waals surface area contributed by atoms with Crippen molar-refractivity contribution >= 4 is 29.6 Å². The zero-order chi connectivity index (χ0) is 34.3. The van der Waals surface area contributed by atoms with Crippen molar-refractivity contribution in [1.29, 1.82) is 0 Å². The second-order valence-corrected chi connectivity index (χ2v) is 12.8. The number of carbonyl (C=O) groups excluding carboxylic acids is 4. The van der Waals surface area contributed by atoms with E-state index in [1.165, 1.54) is 12.1 Å². The molecule has 0 aliphatic rings. The fourth-order valence-corrected chi connectivity index (χ4v) is 4.74. The number of carboxylic acids is 1. The van der Waals surface area contributed by atoms with Gasteiger partial charge in [-0.25, -0.2) is 4.79 Å². The predicted molar refractivity (Wildman–Crippen MR) is 172 cm³/mol. The Morgan fingerprint density at radius 3 is 1.67 bits per heavy atom. The van der Waals surface area contributed by atoms with Crippen LogP contribution in [0.5, 0.6) is 5.75 Å². The lowest BCUT2D eigenvalue weighted by atomic mass is 9.98. The van der Waals surface area contributed by atoms with Crippen LogP contribution in [0.2, 0.25) is 0 Å². The molecule has 45 heavy (non-hydrogen) atoms. The Labute approximate surface area is 266 Å². The summed E-state index contributed by atoms with van der Waals surface area (Å²) in [4.78, 5) is 64.8. The van der Waals surface area contributed by atoms with Gasteiger partial charge in [0.05, 0.1) is 6.04 Å². The summed E-state index contributed by atoms with van der Waals surface area (Å²) in [5.74, 6) is -3.80. The standard InChI is InChI=1S/C32H54N6O7/c1-18(2)15-25(36-28(40)23(34)17-21-10-12-22(39)13-11-21)29(41)37-26(16-19(3)4)30(42)38-27(20(5)6)31(43)35-24(32(44)45)9-7-8-14-33/h10-13,18-20,23-27,39H,7-9,14-17,33-34H2,1-6H3,(H,35,43)(H,36,40)(H,37,41)(H,38,42)(H,44,45). The first-order chi connectivity index (χ1) is 21.0. The highest BCUT2D eigenvalue weighted by atomic mass is 16.4. The van der Waals surface area contributed by atoms with E-state index in [4.69, 9.17) is 11.5 Å². The van der Waals surface area contributed by atoms with Crippen molar-refractivity contribution in [1.82, 2.24) is 21.3 Å². The van der Waals surface area contributed by atoms with Crippen LogP contribution < -0.4 is 32.7 Å². The molecule has 0 aliphatic carbocycles. The van der Waals surface area contributed by atoms with Crippen LogP contribution in [0.1, 0.15) is 79.2 Å². The lowest BCUT2D eigenvalue weighted by molar-refractivity contribution is -0.143. The maximum atomic E-state index is 13.5. The van der Waals surface area contributed by atoms with Gasteiger partial charge in [-0.05, 0) is 80.5 Å². The summed E-state index contributed by atoms with van der Waals surface area (Å²) in [6, 6.07) is 1.17. The number of benzene rings is 1. The van der Waals surface area contributed by atoms with Crippen LogP contribution in [0.25, 0.3) is 0 Å². The molecule has 13 heteroatoms. The predicted octanol–water partition coefficient (Wildman–Crippen LogP) is 1.16. The molecule has 0 spiro atoms. The van der Waals surface area contributed by atoms with E-state index in [0.717, 1.165) is 5.56 Å². The zero-order valence-electron chi connectivity index (χ0n) is 27.5. The van der Waals surface area contributed by atoms with E-state index >= 15 is 0 Å². The maximum Gasteiger partial charge on any atom is 0.326 e. The minimum absolute atomic E-state index is 0.0109.